The number of fused-ring (bicyclic) bond motifs is 1. The molecule has 0 bridgehead atoms. The molecule has 0 saturated heterocycles. The Morgan fingerprint density at radius 2 is 2.08 bits per heavy atom. The molecule has 1 amide bonds. The van der Waals surface area contributed by atoms with E-state index in [2.05, 4.69) is 41.8 Å². The smallest absolute Gasteiger partial charge is 0.236 e. The van der Waals surface area contributed by atoms with Crippen LogP contribution in [0.1, 0.15) is 0 Å². The van der Waals surface area contributed by atoms with Gasteiger partial charge in [0.05, 0.1) is 21.7 Å². The van der Waals surface area contributed by atoms with Crippen molar-refractivity contribution in [3.63, 3.8) is 0 Å². The molecule has 0 radical (unpaired) electrons. The average molecular weight is 447 g/mol. The van der Waals surface area contributed by atoms with E-state index in [0.717, 1.165) is 20.4 Å². The van der Waals surface area contributed by atoms with Crippen molar-refractivity contribution in [3.05, 3.63) is 53.0 Å². The second-order valence-electron chi connectivity index (χ2n) is 5.18. The maximum Gasteiger partial charge on any atom is 0.236 e. The molecule has 0 fully saturated rings. The fourth-order valence-corrected chi connectivity index (χ4v) is 4.36. The van der Waals surface area contributed by atoms with Crippen LogP contribution >= 0.6 is 39.0 Å². The van der Waals surface area contributed by atoms with Crippen LogP contribution in [0.2, 0.25) is 0 Å². The summed E-state index contributed by atoms with van der Waals surface area (Å²) in [5.41, 5.74) is 1.70. The van der Waals surface area contributed by atoms with Gasteiger partial charge in [0.25, 0.3) is 0 Å². The number of hydrogen-bond acceptors (Lipinski definition) is 7. The third-order valence-corrected chi connectivity index (χ3v) is 5.72. The zero-order valence-corrected chi connectivity index (χ0v) is 16.4. The number of para-hydroxylation sites is 1. The molecule has 0 aliphatic rings. The topological polar surface area (TPSA) is 85.6 Å². The molecule has 0 spiro atoms. The minimum absolute atomic E-state index is 0.157. The van der Waals surface area contributed by atoms with Crippen LogP contribution < -0.4 is 5.32 Å². The number of thiazole rings is 1. The van der Waals surface area contributed by atoms with Gasteiger partial charge in [0.1, 0.15) is 0 Å². The predicted octanol–water partition coefficient (Wildman–Crippen LogP) is 3.77. The summed E-state index contributed by atoms with van der Waals surface area (Å²) < 4.78 is 3.60. The largest absolute Gasteiger partial charge is 0.301 e. The Labute approximate surface area is 165 Å². The lowest BCUT2D eigenvalue weighted by Crippen LogP contribution is -2.14. The summed E-state index contributed by atoms with van der Waals surface area (Å²) in [5.74, 6) is 0.0306. The zero-order chi connectivity index (χ0) is 17.9. The summed E-state index contributed by atoms with van der Waals surface area (Å²) in [5, 5.41) is 15.6. The molecule has 0 unspecified atom stereocenters. The summed E-state index contributed by atoms with van der Waals surface area (Å²) in [4.78, 5) is 16.7. The van der Waals surface area contributed by atoms with Gasteiger partial charge in [0.15, 0.2) is 5.13 Å². The number of rotatable bonds is 5. The number of benzene rings is 2. The second-order valence-corrected chi connectivity index (χ2v) is 8.07. The van der Waals surface area contributed by atoms with E-state index in [1.54, 1.807) is 4.68 Å². The summed E-state index contributed by atoms with van der Waals surface area (Å²) in [6, 6.07) is 15.4. The van der Waals surface area contributed by atoms with Gasteiger partial charge in [0, 0.05) is 4.47 Å². The summed E-state index contributed by atoms with van der Waals surface area (Å²) >= 11 is 6.14. The van der Waals surface area contributed by atoms with Crippen LogP contribution in [0.3, 0.4) is 0 Å². The lowest BCUT2D eigenvalue weighted by Gasteiger charge is -2.03. The number of thioether (sulfide) groups is 1. The zero-order valence-electron chi connectivity index (χ0n) is 13.2. The molecule has 2 heterocycles. The Morgan fingerprint density at radius 1 is 1.23 bits per heavy atom. The molecular formula is C16H11BrN6OS2. The Bertz CT molecular complexity index is 1060. The molecule has 26 heavy (non-hydrogen) atoms. The quantitative estimate of drug-likeness (QED) is 0.469. The number of hydrogen-bond donors (Lipinski definition) is 1. The molecule has 130 valence electrons. The second kappa shape index (κ2) is 7.52. The summed E-state index contributed by atoms with van der Waals surface area (Å²) in [6.45, 7) is 0. The van der Waals surface area contributed by atoms with Crippen molar-refractivity contribution in [2.75, 3.05) is 11.1 Å². The van der Waals surface area contributed by atoms with E-state index in [0.29, 0.717) is 10.3 Å². The van der Waals surface area contributed by atoms with Gasteiger partial charge in [0.2, 0.25) is 11.1 Å². The maximum absolute atomic E-state index is 12.2. The standard InChI is InChI=1S/C16H11BrN6OS2/c17-10-6-7-12-13(8-10)26-15(18-12)19-14(24)9-25-16-20-21-22-23(16)11-4-2-1-3-5-11/h1-8H,9H2,(H,18,19,24). The van der Waals surface area contributed by atoms with Crippen LogP contribution in [0.5, 0.6) is 0 Å². The first kappa shape index (κ1) is 17.1. The highest BCUT2D eigenvalue weighted by Gasteiger charge is 2.13. The molecule has 2 aromatic carbocycles. The fraction of sp³-hybridized carbons (Fsp3) is 0.0625. The summed E-state index contributed by atoms with van der Waals surface area (Å²) in [7, 11) is 0. The first-order valence-corrected chi connectivity index (χ1v) is 10.1. The molecule has 4 aromatic rings. The Morgan fingerprint density at radius 3 is 2.92 bits per heavy atom. The minimum Gasteiger partial charge on any atom is -0.301 e. The number of anilines is 1. The molecule has 0 atom stereocenters. The van der Waals surface area contributed by atoms with Gasteiger partial charge in [-0.1, -0.05) is 57.2 Å². The Balaban J connectivity index is 1.42. The highest BCUT2D eigenvalue weighted by Crippen LogP contribution is 2.28. The maximum atomic E-state index is 12.2. The lowest BCUT2D eigenvalue weighted by atomic mass is 10.3. The normalized spacial score (nSPS) is 11.0. The molecule has 10 heteroatoms. The van der Waals surface area contributed by atoms with Crippen LogP contribution in [-0.2, 0) is 4.79 Å². The van der Waals surface area contributed by atoms with E-state index in [4.69, 9.17) is 0 Å². The monoisotopic (exact) mass is 446 g/mol. The van der Waals surface area contributed by atoms with Crippen LogP contribution in [0.25, 0.3) is 15.9 Å². The molecule has 0 aliphatic carbocycles. The molecule has 7 nitrogen and oxygen atoms in total. The van der Waals surface area contributed by atoms with E-state index in [-0.39, 0.29) is 11.7 Å². The average Bonchev–Trinajstić information content (AvgIpc) is 3.26. The van der Waals surface area contributed by atoms with Gasteiger partial charge in [-0.15, -0.1) is 5.10 Å². The van der Waals surface area contributed by atoms with Gasteiger partial charge < -0.3 is 5.32 Å². The molecular weight excluding hydrogens is 436 g/mol. The van der Waals surface area contributed by atoms with E-state index < -0.39 is 0 Å². The molecule has 2 aromatic heterocycles. The van der Waals surface area contributed by atoms with Gasteiger partial charge in [-0.05, 0) is 40.8 Å². The van der Waals surface area contributed by atoms with Gasteiger partial charge in [-0.3, -0.25) is 4.79 Å². The molecule has 0 saturated carbocycles. The van der Waals surface area contributed by atoms with E-state index in [9.17, 15) is 4.79 Å². The molecule has 4 rings (SSSR count). The van der Waals surface area contributed by atoms with Crippen molar-refractivity contribution in [1.82, 2.24) is 25.2 Å². The third-order valence-electron chi connectivity index (χ3n) is 3.37. The predicted molar refractivity (Wildman–Crippen MR) is 106 cm³/mol. The fourth-order valence-electron chi connectivity index (χ4n) is 2.24. The number of aromatic nitrogens is 5. The van der Waals surface area contributed by atoms with Crippen molar-refractivity contribution in [1.29, 1.82) is 0 Å². The Kier molecular flexibility index (Phi) is 4.96. The Hall–Kier alpha value is -2.30. The number of carbonyl (C=O) groups is 1. The number of nitrogens with zero attached hydrogens (tertiary/aromatic N) is 5. The number of nitrogens with one attached hydrogen (secondary N) is 1. The third kappa shape index (κ3) is 3.76. The number of carbonyl (C=O) groups excluding carboxylic acids is 1. The summed E-state index contributed by atoms with van der Waals surface area (Å²) in [6.07, 6.45) is 0. The van der Waals surface area contributed by atoms with Gasteiger partial charge in [-0.25, -0.2) is 4.98 Å². The van der Waals surface area contributed by atoms with Crippen molar-refractivity contribution < 1.29 is 4.79 Å². The number of tetrazole rings is 1. The van der Waals surface area contributed by atoms with Crippen LogP contribution in [0.15, 0.2) is 58.2 Å². The SMILES string of the molecule is O=C(CSc1nnnn1-c1ccccc1)Nc1nc2ccc(Br)cc2s1. The highest BCUT2D eigenvalue weighted by molar-refractivity contribution is 9.10. The van der Waals surface area contributed by atoms with Crippen LogP contribution in [0.4, 0.5) is 5.13 Å². The molecule has 1 N–H and O–H groups in total. The first-order chi connectivity index (χ1) is 12.7. The van der Waals surface area contributed by atoms with E-state index >= 15 is 0 Å². The van der Waals surface area contributed by atoms with Crippen LogP contribution in [-0.4, -0.2) is 36.9 Å². The van der Waals surface area contributed by atoms with Crippen molar-refractivity contribution >= 4 is 60.3 Å². The van der Waals surface area contributed by atoms with Crippen LogP contribution in [0, 0.1) is 0 Å². The lowest BCUT2D eigenvalue weighted by molar-refractivity contribution is -0.113. The molecule has 0 aliphatic heterocycles. The highest BCUT2D eigenvalue weighted by atomic mass is 79.9. The van der Waals surface area contributed by atoms with E-state index in [1.165, 1.54) is 23.1 Å². The van der Waals surface area contributed by atoms with Gasteiger partial charge >= 0.3 is 0 Å². The first-order valence-electron chi connectivity index (χ1n) is 7.51. The number of amides is 1. The van der Waals surface area contributed by atoms with Crippen molar-refractivity contribution in [2.24, 2.45) is 0 Å². The minimum atomic E-state index is -0.157. The number of halogens is 1. The van der Waals surface area contributed by atoms with Crippen molar-refractivity contribution in [3.8, 4) is 5.69 Å². The van der Waals surface area contributed by atoms with Crippen molar-refractivity contribution in [2.45, 2.75) is 5.16 Å². The van der Waals surface area contributed by atoms with E-state index in [1.807, 2.05) is 48.5 Å². The van der Waals surface area contributed by atoms with Gasteiger partial charge in [-0.2, -0.15) is 4.68 Å².